The molecule has 0 amide bonds. The van der Waals surface area contributed by atoms with E-state index in [9.17, 15) is 19.4 Å². The Bertz CT molecular complexity index is 2050. The molecular weight excluding hydrogens is 600 g/mol. The highest BCUT2D eigenvalue weighted by molar-refractivity contribution is 7.91. The summed E-state index contributed by atoms with van der Waals surface area (Å²) in [6.45, 7) is 0. The molecule has 2 heterocycles. The molecule has 42 heavy (non-hydrogen) atoms. The van der Waals surface area contributed by atoms with Crippen LogP contribution in [0.4, 0.5) is 21.5 Å². The molecule has 9 nitrogen and oxygen atoms in total. The fourth-order valence-corrected chi connectivity index (χ4v) is 6.43. The third-order valence-corrected chi connectivity index (χ3v) is 8.63. The molecule has 6 rings (SSSR count). The van der Waals surface area contributed by atoms with Crippen molar-refractivity contribution in [1.82, 2.24) is 20.0 Å². The van der Waals surface area contributed by atoms with Crippen molar-refractivity contribution in [3.8, 4) is 6.07 Å². The van der Waals surface area contributed by atoms with Gasteiger partial charge in [-0.15, -0.1) is 5.10 Å². The minimum atomic E-state index is -3.76. The summed E-state index contributed by atoms with van der Waals surface area (Å²) in [5, 5.41) is 25.2. The average Bonchev–Trinajstić information content (AvgIpc) is 3.68. The second-order valence-corrected chi connectivity index (χ2v) is 12.6. The highest BCUT2D eigenvalue weighted by Gasteiger charge is 2.27. The maximum atomic E-state index is 13.9. The van der Waals surface area contributed by atoms with E-state index in [0.29, 0.717) is 22.2 Å². The van der Waals surface area contributed by atoms with Gasteiger partial charge in [-0.2, -0.15) is 5.26 Å². The molecule has 212 valence electrons. The number of rotatable bonds is 8. The SMILES string of the molecule is [2H][C@](Nc1cc(Cl)c2ncc(C#N)c(Nc3cccc(Cl)c3S(C)(=O)=O)c2c1)(c1ccc(F)cc1)c1cn(C2CC2)nn1. The Hall–Kier alpha value is -4.24. The van der Waals surface area contributed by atoms with Gasteiger partial charge in [-0.1, -0.05) is 46.6 Å². The van der Waals surface area contributed by atoms with Crippen LogP contribution in [0.5, 0.6) is 0 Å². The Morgan fingerprint density at radius 3 is 2.62 bits per heavy atom. The lowest BCUT2D eigenvalue weighted by Crippen LogP contribution is -2.13. The number of fused-ring (bicyclic) bond motifs is 1. The Balaban J connectivity index is 1.50. The van der Waals surface area contributed by atoms with E-state index in [-0.39, 0.29) is 43.6 Å². The largest absolute Gasteiger partial charge is 0.373 e. The summed E-state index contributed by atoms with van der Waals surface area (Å²) in [7, 11) is -3.76. The van der Waals surface area contributed by atoms with E-state index in [0.717, 1.165) is 19.1 Å². The van der Waals surface area contributed by atoms with Gasteiger partial charge in [0.05, 0.1) is 52.1 Å². The van der Waals surface area contributed by atoms with Crippen LogP contribution in [0, 0.1) is 17.1 Å². The number of hydrogen-bond acceptors (Lipinski definition) is 8. The third-order valence-electron chi connectivity index (χ3n) is 6.73. The molecule has 0 bridgehead atoms. The second kappa shape index (κ2) is 10.9. The molecule has 5 aromatic rings. The van der Waals surface area contributed by atoms with Crippen LogP contribution in [0.15, 0.2) is 71.9 Å². The highest BCUT2D eigenvalue weighted by Crippen LogP contribution is 2.39. The zero-order valence-electron chi connectivity index (χ0n) is 22.9. The van der Waals surface area contributed by atoms with Crippen LogP contribution in [-0.4, -0.2) is 34.7 Å². The molecule has 1 aliphatic rings. The molecule has 0 saturated heterocycles. The van der Waals surface area contributed by atoms with Gasteiger partial charge in [-0.3, -0.25) is 4.98 Å². The highest BCUT2D eigenvalue weighted by atomic mass is 35.5. The number of anilines is 3. The van der Waals surface area contributed by atoms with E-state index in [1.54, 1.807) is 29.1 Å². The summed E-state index contributed by atoms with van der Waals surface area (Å²) in [4.78, 5) is 4.22. The molecule has 0 unspecified atom stereocenters. The first-order valence-corrected chi connectivity index (χ1v) is 15.4. The maximum Gasteiger partial charge on any atom is 0.179 e. The molecule has 0 radical (unpaired) electrons. The molecule has 1 atom stereocenters. The zero-order valence-corrected chi connectivity index (χ0v) is 24.3. The Morgan fingerprint density at radius 2 is 1.93 bits per heavy atom. The Morgan fingerprint density at radius 1 is 1.17 bits per heavy atom. The van der Waals surface area contributed by atoms with Crippen molar-refractivity contribution in [3.63, 3.8) is 0 Å². The predicted molar refractivity (Wildman–Crippen MR) is 159 cm³/mol. The van der Waals surface area contributed by atoms with Crippen LogP contribution in [0.25, 0.3) is 10.9 Å². The van der Waals surface area contributed by atoms with Crippen molar-refractivity contribution in [1.29, 1.82) is 5.26 Å². The molecule has 1 saturated carbocycles. The van der Waals surface area contributed by atoms with E-state index in [1.807, 2.05) is 0 Å². The van der Waals surface area contributed by atoms with Crippen molar-refractivity contribution in [2.24, 2.45) is 0 Å². The number of aromatic nitrogens is 4. The molecule has 3 aromatic carbocycles. The normalized spacial score (nSPS) is 15.1. The summed E-state index contributed by atoms with van der Waals surface area (Å²) in [6, 6.07) is 13.9. The number of pyridine rings is 1. The van der Waals surface area contributed by atoms with Gasteiger partial charge in [0, 0.05) is 23.5 Å². The lowest BCUT2D eigenvalue weighted by molar-refractivity contribution is 0.602. The average molecular weight is 624 g/mol. The van der Waals surface area contributed by atoms with E-state index in [1.165, 1.54) is 42.6 Å². The fourth-order valence-electron chi connectivity index (χ4n) is 4.62. The summed E-state index contributed by atoms with van der Waals surface area (Å²) < 4.78 is 50.3. The Kier molecular flexibility index (Phi) is 6.90. The standard InChI is InChI=1S/C29H22Cl2FN7O2S/c1-42(40,41)29-22(30)3-2-4-24(29)36-26-17(13-33)14-34-28-21(26)11-19(12-23(28)31)35-27(16-5-7-18(32)8-6-16)25-15-39(38-37-25)20-9-10-20/h2-8,11-12,14-15,20,27,35H,9-10H2,1H3,(H,34,36)/t27-/m0/s1/i27D. The van der Waals surface area contributed by atoms with Gasteiger partial charge in [-0.05, 0) is 54.8 Å². The fraction of sp³-hybridized carbons (Fsp3) is 0.172. The molecule has 0 spiro atoms. The number of halogens is 3. The van der Waals surface area contributed by atoms with Gasteiger partial charge < -0.3 is 10.6 Å². The number of nitriles is 1. The van der Waals surface area contributed by atoms with E-state index in [2.05, 4.69) is 32.0 Å². The summed E-state index contributed by atoms with van der Waals surface area (Å²) in [5.74, 6) is -0.457. The van der Waals surface area contributed by atoms with E-state index >= 15 is 0 Å². The quantitative estimate of drug-likeness (QED) is 0.193. The van der Waals surface area contributed by atoms with Crippen LogP contribution in [0.3, 0.4) is 0 Å². The van der Waals surface area contributed by atoms with Gasteiger partial charge in [0.15, 0.2) is 9.84 Å². The van der Waals surface area contributed by atoms with Crippen molar-refractivity contribution in [3.05, 3.63) is 99.7 Å². The van der Waals surface area contributed by atoms with Gasteiger partial charge in [0.2, 0.25) is 0 Å². The van der Waals surface area contributed by atoms with E-state index < -0.39 is 21.7 Å². The monoisotopic (exact) mass is 622 g/mol. The predicted octanol–water partition coefficient (Wildman–Crippen LogP) is 6.83. The number of benzene rings is 3. The number of sulfone groups is 1. The van der Waals surface area contributed by atoms with Gasteiger partial charge in [0.1, 0.15) is 22.5 Å². The zero-order chi connectivity index (χ0) is 30.5. The third kappa shape index (κ3) is 5.48. The first kappa shape index (κ1) is 26.6. The summed E-state index contributed by atoms with van der Waals surface area (Å²) in [5.41, 5.74) is 1.87. The van der Waals surface area contributed by atoms with Crippen molar-refractivity contribution in [2.75, 3.05) is 16.9 Å². The van der Waals surface area contributed by atoms with Gasteiger partial charge in [0.25, 0.3) is 0 Å². The number of nitrogens with zero attached hydrogens (tertiary/aromatic N) is 5. The molecular formula is C29H22Cl2FN7O2S. The van der Waals surface area contributed by atoms with Crippen molar-refractivity contribution < 1.29 is 14.2 Å². The minimum Gasteiger partial charge on any atom is -0.373 e. The smallest absolute Gasteiger partial charge is 0.179 e. The second-order valence-electron chi connectivity index (χ2n) is 9.85. The Labute approximate surface area is 252 Å². The van der Waals surface area contributed by atoms with Crippen LogP contribution >= 0.6 is 23.2 Å². The van der Waals surface area contributed by atoms with Gasteiger partial charge in [-0.25, -0.2) is 17.5 Å². The number of hydrogen-bond donors (Lipinski definition) is 2. The molecule has 2 N–H and O–H groups in total. The van der Waals surface area contributed by atoms with Crippen LogP contribution in [0.2, 0.25) is 10.0 Å². The minimum absolute atomic E-state index is 0.0160. The first-order chi connectivity index (χ1) is 20.5. The van der Waals surface area contributed by atoms with Gasteiger partial charge >= 0.3 is 0 Å². The number of nitrogens with one attached hydrogen (secondary N) is 2. The van der Waals surface area contributed by atoms with Crippen LogP contribution in [0.1, 0.15) is 43.1 Å². The topological polar surface area (TPSA) is 126 Å². The lowest BCUT2D eigenvalue weighted by Gasteiger charge is -2.20. The summed E-state index contributed by atoms with van der Waals surface area (Å²) >= 11 is 12.9. The molecule has 1 fully saturated rings. The van der Waals surface area contributed by atoms with Crippen LogP contribution < -0.4 is 10.6 Å². The molecule has 0 aliphatic heterocycles. The molecule has 13 heteroatoms. The molecule has 1 aliphatic carbocycles. The van der Waals surface area contributed by atoms with Crippen molar-refractivity contribution in [2.45, 2.75) is 29.8 Å². The van der Waals surface area contributed by atoms with E-state index in [4.69, 9.17) is 23.2 Å². The summed E-state index contributed by atoms with van der Waals surface area (Å²) in [6.07, 6.45) is 6.00. The maximum absolute atomic E-state index is 13.9. The van der Waals surface area contributed by atoms with Crippen LogP contribution in [-0.2, 0) is 9.84 Å². The van der Waals surface area contributed by atoms with Crippen molar-refractivity contribution >= 4 is 61.0 Å². The lowest BCUT2D eigenvalue weighted by atomic mass is 10.0. The molecule has 2 aromatic heterocycles. The first-order valence-electron chi connectivity index (χ1n) is 13.2.